The van der Waals surface area contributed by atoms with Crippen LogP contribution in [0.4, 0.5) is 5.82 Å². The molecule has 4 rings (SSSR count). The first-order valence-corrected chi connectivity index (χ1v) is 11.3. The van der Waals surface area contributed by atoms with E-state index in [0.29, 0.717) is 24.6 Å². The largest absolute Gasteiger partial charge is 0.380 e. The van der Waals surface area contributed by atoms with Gasteiger partial charge in [0.05, 0.1) is 41.3 Å². The van der Waals surface area contributed by atoms with Crippen LogP contribution in [-0.4, -0.2) is 33.7 Å². The highest BCUT2D eigenvalue weighted by molar-refractivity contribution is 5.98. The SMILES string of the molecule is CCCCn1cc(-c2cc(C#N)cc([C@@]3(CC)CCOC3)n2)c2cc(NC(C)=O)ncc21. The zero-order valence-electron chi connectivity index (χ0n) is 18.9. The minimum atomic E-state index is -0.165. The van der Waals surface area contributed by atoms with E-state index in [2.05, 4.69) is 41.0 Å². The molecule has 0 unspecified atom stereocenters. The fourth-order valence-corrected chi connectivity index (χ4v) is 4.43. The summed E-state index contributed by atoms with van der Waals surface area (Å²) in [5, 5.41) is 13.5. The quantitative estimate of drug-likeness (QED) is 0.580. The summed E-state index contributed by atoms with van der Waals surface area (Å²) in [7, 11) is 0. The third kappa shape index (κ3) is 4.11. The average Bonchev–Trinajstić information content (AvgIpc) is 3.42. The molecule has 0 spiro atoms. The molecule has 1 atom stereocenters. The van der Waals surface area contributed by atoms with Gasteiger partial charge in [-0.25, -0.2) is 4.98 Å². The highest BCUT2D eigenvalue weighted by Crippen LogP contribution is 2.38. The van der Waals surface area contributed by atoms with Crippen LogP contribution in [0.15, 0.2) is 30.6 Å². The van der Waals surface area contributed by atoms with Gasteiger partial charge in [0, 0.05) is 42.6 Å². The Morgan fingerprint density at radius 2 is 2.19 bits per heavy atom. The number of aromatic nitrogens is 3. The van der Waals surface area contributed by atoms with Gasteiger partial charge in [-0.1, -0.05) is 20.3 Å². The number of ether oxygens (including phenoxy) is 1. The van der Waals surface area contributed by atoms with Crippen LogP contribution in [0.3, 0.4) is 0 Å². The van der Waals surface area contributed by atoms with Crippen molar-refractivity contribution in [3.8, 4) is 17.3 Å². The zero-order valence-corrected chi connectivity index (χ0v) is 18.9. The Hall–Kier alpha value is -3.24. The van der Waals surface area contributed by atoms with Crippen molar-refractivity contribution in [1.82, 2.24) is 14.5 Å². The molecule has 0 bridgehead atoms. The van der Waals surface area contributed by atoms with Gasteiger partial charge in [0.2, 0.25) is 5.91 Å². The van der Waals surface area contributed by atoms with Crippen LogP contribution in [0.5, 0.6) is 0 Å². The van der Waals surface area contributed by atoms with Gasteiger partial charge in [-0.05, 0) is 37.5 Å². The molecule has 166 valence electrons. The van der Waals surface area contributed by atoms with Crippen LogP contribution in [0.2, 0.25) is 0 Å². The normalized spacial score (nSPS) is 18.1. The van der Waals surface area contributed by atoms with Crippen molar-refractivity contribution in [2.75, 3.05) is 18.5 Å². The number of nitrogens with one attached hydrogen (secondary N) is 1. The lowest BCUT2D eigenvalue weighted by Crippen LogP contribution is -2.27. The number of carbonyl (C=O) groups is 1. The fraction of sp³-hybridized carbons (Fsp3) is 0.440. The van der Waals surface area contributed by atoms with Crippen LogP contribution < -0.4 is 5.32 Å². The lowest BCUT2D eigenvalue weighted by atomic mass is 9.80. The van der Waals surface area contributed by atoms with E-state index in [1.165, 1.54) is 6.92 Å². The molecule has 1 amide bonds. The van der Waals surface area contributed by atoms with Gasteiger partial charge < -0.3 is 14.6 Å². The number of unbranched alkanes of at least 4 members (excludes halogenated alkanes) is 1. The first-order valence-electron chi connectivity index (χ1n) is 11.3. The van der Waals surface area contributed by atoms with E-state index in [9.17, 15) is 10.1 Å². The van der Waals surface area contributed by atoms with Gasteiger partial charge >= 0.3 is 0 Å². The Morgan fingerprint density at radius 3 is 2.84 bits per heavy atom. The first-order chi connectivity index (χ1) is 15.5. The molecule has 1 saturated heterocycles. The van der Waals surface area contributed by atoms with Gasteiger partial charge in [-0.3, -0.25) is 9.78 Å². The third-order valence-corrected chi connectivity index (χ3v) is 6.38. The van der Waals surface area contributed by atoms with E-state index in [4.69, 9.17) is 9.72 Å². The lowest BCUT2D eigenvalue weighted by molar-refractivity contribution is -0.114. The second-order valence-corrected chi connectivity index (χ2v) is 8.53. The molecule has 7 heteroatoms. The smallest absolute Gasteiger partial charge is 0.222 e. The van der Waals surface area contributed by atoms with Crippen LogP contribution in [0.1, 0.15) is 57.7 Å². The summed E-state index contributed by atoms with van der Waals surface area (Å²) >= 11 is 0. The van der Waals surface area contributed by atoms with Crippen molar-refractivity contribution in [3.63, 3.8) is 0 Å². The molecular formula is C25H29N5O2. The zero-order chi connectivity index (χ0) is 22.7. The molecule has 0 aliphatic carbocycles. The Morgan fingerprint density at radius 1 is 1.34 bits per heavy atom. The van der Waals surface area contributed by atoms with Crippen molar-refractivity contribution in [1.29, 1.82) is 5.26 Å². The van der Waals surface area contributed by atoms with E-state index >= 15 is 0 Å². The summed E-state index contributed by atoms with van der Waals surface area (Å²) in [5.41, 5.74) is 4.04. The maximum Gasteiger partial charge on any atom is 0.222 e. The number of aryl methyl sites for hydroxylation is 1. The number of hydrogen-bond acceptors (Lipinski definition) is 5. The van der Waals surface area contributed by atoms with E-state index in [-0.39, 0.29) is 11.3 Å². The maximum atomic E-state index is 11.6. The van der Waals surface area contributed by atoms with Gasteiger partial charge in [0.25, 0.3) is 0 Å². The van der Waals surface area contributed by atoms with Gasteiger partial charge in [0.1, 0.15) is 5.82 Å². The molecule has 32 heavy (non-hydrogen) atoms. The number of hydrogen-bond donors (Lipinski definition) is 1. The number of carbonyl (C=O) groups excluding carboxylic acids is 1. The summed E-state index contributed by atoms with van der Waals surface area (Å²) < 4.78 is 7.91. The predicted molar refractivity (Wildman–Crippen MR) is 124 cm³/mol. The summed E-state index contributed by atoms with van der Waals surface area (Å²) in [6.45, 7) is 7.99. The van der Waals surface area contributed by atoms with Gasteiger partial charge in [-0.2, -0.15) is 5.26 Å². The summed E-state index contributed by atoms with van der Waals surface area (Å²) in [6, 6.07) is 7.96. The van der Waals surface area contributed by atoms with E-state index in [1.54, 1.807) is 6.20 Å². The monoisotopic (exact) mass is 431 g/mol. The Balaban J connectivity index is 1.90. The van der Waals surface area contributed by atoms with E-state index < -0.39 is 0 Å². The van der Waals surface area contributed by atoms with Crippen LogP contribution >= 0.6 is 0 Å². The lowest BCUT2D eigenvalue weighted by Gasteiger charge is -2.25. The highest BCUT2D eigenvalue weighted by atomic mass is 16.5. The molecule has 0 radical (unpaired) electrons. The fourth-order valence-electron chi connectivity index (χ4n) is 4.43. The summed E-state index contributed by atoms with van der Waals surface area (Å²) in [5.74, 6) is 0.340. The molecule has 1 N–H and O–H groups in total. The Kier molecular flexibility index (Phi) is 6.24. The molecule has 7 nitrogen and oxygen atoms in total. The number of amides is 1. The molecule has 3 aromatic heterocycles. The Labute approximate surface area is 188 Å². The van der Waals surface area contributed by atoms with Crippen LogP contribution in [0, 0.1) is 11.3 Å². The predicted octanol–water partition coefficient (Wildman–Crippen LogP) is 4.80. The molecule has 1 fully saturated rings. The minimum Gasteiger partial charge on any atom is -0.380 e. The van der Waals surface area contributed by atoms with Crippen molar-refractivity contribution in [3.05, 3.63) is 41.9 Å². The molecule has 0 saturated carbocycles. The number of nitrogens with zero attached hydrogens (tertiary/aromatic N) is 4. The van der Waals surface area contributed by atoms with Crippen molar-refractivity contribution in [2.24, 2.45) is 0 Å². The van der Waals surface area contributed by atoms with Crippen LogP contribution in [0.25, 0.3) is 22.2 Å². The topological polar surface area (TPSA) is 92.8 Å². The highest BCUT2D eigenvalue weighted by Gasteiger charge is 2.37. The number of anilines is 1. The second-order valence-electron chi connectivity index (χ2n) is 8.53. The average molecular weight is 432 g/mol. The maximum absolute atomic E-state index is 11.6. The van der Waals surface area contributed by atoms with Crippen molar-refractivity contribution < 1.29 is 9.53 Å². The van der Waals surface area contributed by atoms with Gasteiger partial charge in [-0.15, -0.1) is 0 Å². The van der Waals surface area contributed by atoms with Crippen molar-refractivity contribution in [2.45, 2.75) is 58.4 Å². The van der Waals surface area contributed by atoms with Crippen LogP contribution in [-0.2, 0) is 21.5 Å². The third-order valence-electron chi connectivity index (χ3n) is 6.38. The summed E-state index contributed by atoms with van der Waals surface area (Å²) in [6.07, 6.45) is 7.83. The standard InChI is InChI=1S/C25H29N5O2/c1-4-6-8-30-15-20(19-12-24(28-17(3)31)27-14-22(19)30)21-10-18(13-26)11-23(29-21)25(5-2)7-9-32-16-25/h10-12,14-15H,4-9,16H2,1-3H3,(H,27,28,31)/t25-/m0/s1. The molecule has 1 aliphatic heterocycles. The number of fused-ring (bicyclic) bond motifs is 1. The molecule has 3 aromatic rings. The number of rotatable bonds is 7. The molecule has 4 heterocycles. The van der Waals surface area contributed by atoms with E-state index in [1.807, 2.05) is 18.2 Å². The number of pyridine rings is 2. The summed E-state index contributed by atoms with van der Waals surface area (Å²) in [4.78, 5) is 21.1. The molecule has 1 aliphatic rings. The second kappa shape index (κ2) is 9.09. The van der Waals surface area contributed by atoms with E-state index in [0.717, 1.165) is 60.1 Å². The Bertz CT molecular complexity index is 1180. The number of nitriles is 1. The molecule has 0 aromatic carbocycles. The van der Waals surface area contributed by atoms with Crippen molar-refractivity contribution >= 4 is 22.6 Å². The first kappa shape index (κ1) is 22.0. The molecular weight excluding hydrogens is 402 g/mol. The van der Waals surface area contributed by atoms with Gasteiger partial charge in [0.15, 0.2) is 0 Å². The minimum absolute atomic E-state index is 0.162.